The number of nitrogens with zero attached hydrogens (tertiary/aromatic N) is 3. The predicted molar refractivity (Wildman–Crippen MR) is 53.1 cm³/mol. The molecule has 1 amide bonds. The maximum absolute atomic E-state index is 11.9. The lowest BCUT2D eigenvalue weighted by atomic mass is 10.0. The van der Waals surface area contributed by atoms with Crippen LogP contribution in [-0.2, 0) is 0 Å². The molecule has 0 radical (unpaired) electrons. The summed E-state index contributed by atoms with van der Waals surface area (Å²) in [5, 5.41) is 6.33. The number of aromatic nitrogens is 3. The number of fused-ring (bicyclic) bond motifs is 1. The Balaban J connectivity index is 1.72. The number of hydrogen-bond acceptors (Lipinski definition) is 3. The van der Waals surface area contributed by atoms with Crippen molar-refractivity contribution in [1.29, 1.82) is 0 Å². The Labute approximate surface area is 87.9 Å². The molecule has 1 saturated heterocycles. The summed E-state index contributed by atoms with van der Waals surface area (Å²) in [6, 6.07) is 0. The molecule has 1 aliphatic carbocycles. The number of nitrogens with one attached hydrogen (secondary N) is 1. The van der Waals surface area contributed by atoms with Crippen LogP contribution < -0.4 is 0 Å². The van der Waals surface area contributed by atoms with E-state index in [1.54, 1.807) is 0 Å². The van der Waals surface area contributed by atoms with Gasteiger partial charge in [0.2, 0.25) is 5.82 Å². The van der Waals surface area contributed by atoms with Gasteiger partial charge in [-0.25, -0.2) is 4.98 Å². The van der Waals surface area contributed by atoms with Crippen molar-refractivity contribution in [2.24, 2.45) is 11.8 Å². The third-order valence-electron chi connectivity index (χ3n) is 3.63. The van der Waals surface area contributed by atoms with E-state index in [9.17, 15) is 4.79 Å². The summed E-state index contributed by atoms with van der Waals surface area (Å²) >= 11 is 0. The molecule has 5 nitrogen and oxygen atoms in total. The minimum Gasteiger partial charge on any atom is -0.335 e. The average molecular weight is 206 g/mol. The van der Waals surface area contributed by atoms with E-state index in [1.165, 1.54) is 25.6 Å². The highest BCUT2D eigenvalue weighted by molar-refractivity contribution is 5.90. The lowest BCUT2D eigenvalue weighted by Crippen LogP contribution is -2.30. The molecule has 15 heavy (non-hydrogen) atoms. The first-order valence-electron chi connectivity index (χ1n) is 5.49. The number of H-pyrrole nitrogens is 1. The van der Waals surface area contributed by atoms with Gasteiger partial charge in [0.1, 0.15) is 6.33 Å². The second kappa shape index (κ2) is 3.32. The average Bonchev–Trinajstić information content (AvgIpc) is 2.92. The molecular formula is C10H14N4O. The molecule has 2 aliphatic rings. The summed E-state index contributed by atoms with van der Waals surface area (Å²) in [6.07, 6.45) is 5.28. The van der Waals surface area contributed by atoms with Crippen LogP contribution in [0.15, 0.2) is 6.33 Å². The van der Waals surface area contributed by atoms with E-state index in [0.29, 0.717) is 5.82 Å². The second-order valence-corrected chi connectivity index (χ2v) is 4.50. The van der Waals surface area contributed by atoms with Crippen molar-refractivity contribution < 1.29 is 4.79 Å². The van der Waals surface area contributed by atoms with Crippen molar-refractivity contribution in [2.75, 3.05) is 13.1 Å². The van der Waals surface area contributed by atoms with Gasteiger partial charge in [0.15, 0.2) is 0 Å². The van der Waals surface area contributed by atoms with Gasteiger partial charge in [-0.1, -0.05) is 6.42 Å². The molecule has 1 saturated carbocycles. The highest BCUT2D eigenvalue weighted by Gasteiger charge is 2.38. The van der Waals surface area contributed by atoms with Gasteiger partial charge in [-0.3, -0.25) is 9.89 Å². The zero-order valence-corrected chi connectivity index (χ0v) is 8.52. The number of rotatable bonds is 1. The fourth-order valence-electron chi connectivity index (χ4n) is 2.86. The molecule has 0 spiro atoms. The quantitative estimate of drug-likeness (QED) is 0.734. The highest BCUT2D eigenvalue weighted by atomic mass is 16.2. The van der Waals surface area contributed by atoms with E-state index in [4.69, 9.17) is 0 Å². The summed E-state index contributed by atoms with van der Waals surface area (Å²) in [6.45, 7) is 1.81. The van der Waals surface area contributed by atoms with E-state index in [-0.39, 0.29) is 5.91 Å². The van der Waals surface area contributed by atoms with Crippen LogP contribution >= 0.6 is 0 Å². The van der Waals surface area contributed by atoms with Gasteiger partial charge < -0.3 is 4.90 Å². The smallest absolute Gasteiger partial charge is 0.291 e. The Morgan fingerprint density at radius 3 is 2.73 bits per heavy atom. The SMILES string of the molecule is O=C(c1ncn[nH]1)N1CC2CCCC2C1. The van der Waals surface area contributed by atoms with Gasteiger partial charge in [-0.15, -0.1) is 0 Å². The minimum absolute atomic E-state index is 0.00176. The molecule has 1 aromatic heterocycles. The van der Waals surface area contributed by atoms with Crippen LogP contribution in [0.25, 0.3) is 0 Å². The first kappa shape index (κ1) is 8.88. The monoisotopic (exact) mass is 206 g/mol. The van der Waals surface area contributed by atoms with Gasteiger partial charge in [0.25, 0.3) is 5.91 Å². The van der Waals surface area contributed by atoms with Gasteiger partial charge >= 0.3 is 0 Å². The lowest BCUT2D eigenvalue weighted by molar-refractivity contribution is 0.0769. The van der Waals surface area contributed by atoms with E-state index in [0.717, 1.165) is 24.9 Å². The molecule has 2 fully saturated rings. The Hall–Kier alpha value is -1.39. The Bertz CT molecular complexity index is 350. The largest absolute Gasteiger partial charge is 0.335 e. The molecule has 2 heterocycles. The van der Waals surface area contributed by atoms with Crippen LogP contribution in [0.3, 0.4) is 0 Å². The molecule has 1 N–H and O–H groups in total. The van der Waals surface area contributed by atoms with Crippen molar-refractivity contribution >= 4 is 5.91 Å². The van der Waals surface area contributed by atoms with Crippen molar-refractivity contribution in [3.05, 3.63) is 12.2 Å². The summed E-state index contributed by atoms with van der Waals surface area (Å²) in [5.74, 6) is 1.84. The maximum atomic E-state index is 11.9. The third-order valence-corrected chi connectivity index (χ3v) is 3.63. The van der Waals surface area contributed by atoms with E-state index >= 15 is 0 Å². The molecule has 0 aromatic carbocycles. The molecule has 80 valence electrons. The molecule has 1 aliphatic heterocycles. The summed E-state index contributed by atoms with van der Waals surface area (Å²) in [4.78, 5) is 17.7. The van der Waals surface area contributed by atoms with Crippen LogP contribution in [0.4, 0.5) is 0 Å². The van der Waals surface area contributed by atoms with E-state index < -0.39 is 0 Å². The summed E-state index contributed by atoms with van der Waals surface area (Å²) in [5.41, 5.74) is 0. The van der Waals surface area contributed by atoms with Gasteiger partial charge in [0.05, 0.1) is 0 Å². The number of amides is 1. The zero-order valence-electron chi connectivity index (χ0n) is 8.52. The Morgan fingerprint density at radius 2 is 2.13 bits per heavy atom. The van der Waals surface area contributed by atoms with Crippen molar-refractivity contribution in [3.8, 4) is 0 Å². The van der Waals surface area contributed by atoms with Crippen LogP contribution in [0, 0.1) is 11.8 Å². The number of likely N-dealkylation sites (tertiary alicyclic amines) is 1. The number of hydrogen-bond donors (Lipinski definition) is 1. The normalized spacial score (nSPS) is 29.5. The number of carbonyl (C=O) groups excluding carboxylic acids is 1. The zero-order chi connectivity index (χ0) is 10.3. The molecular weight excluding hydrogens is 192 g/mol. The molecule has 0 bridgehead atoms. The van der Waals surface area contributed by atoms with Crippen LogP contribution in [0.5, 0.6) is 0 Å². The van der Waals surface area contributed by atoms with Crippen molar-refractivity contribution in [1.82, 2.24) is 20.1 Å². The Kier molecular flexibility index (Phi) is 1.97. The fourth-order valence-corrected chi connectivity index (χ4v) is 2.86. The van der Waals surface area contributed by atoms with Gasteiger partial charge in [-0.2, -0.15) is 5.10 Å². The molecule has 1 aromatic rings. The predicted octanol–water partition coefficient (Wildman–Crippen LogP) is 0.677. The Morgan fingerprint density at radius 1 is 1.40 bits per heavy atom. The standard InChI is InChI=1S/C10H14N4O/c15-10(9-11-6-12-13-9)14-4-7-2-1-3-8(7)5-14/h6-8H,1-5H2,(H,11,12,13). The first-order chi connectivity index (χ1) is 7.34. The molecule has 5 heteroatoms. The van der Waals surface area contributed by atoms with E-state index in [1.807, 2.05) is 4.90 Å². The summed E-state index contributed by atoms with van der Waals surface area (Å²) < 4.78 is 0. The first-order valence-corrected chi connectivity index (χ1v) is 5.49. The fraction of sp³-hybridized carbons (Fsp3) is 0.700. The molecule has 2 atom stereocenters. The third kappa shape index (κ3) is 1.42. The number of aromatic amines is 1. The topological polar surface area (TPSA) is 61.9 Å². The summed E-state index contributed by atoms with van der Waals surface area (Å²) in [7, 11) is 0. The van der Waals surface area contributed by atoms with Gasteiger partial charge in [0, 0.05) is 13.1 Å². The molecule has 2 unspecified atom stereocenters. The van der Waals surface area contributed by atoms with Gasteiger partial charge in [-0.05, 0) is 24.7 Å². The number of carbonyl (C=O) groups is 1. The van der Waals surface area contributed by atoms with Crippen LogP contribution in [0.2, 0.25) is 0 Å². The second-order valence-electron chi connectivity index (χ2n) is 4.50. The van der Waals surface area contributed by atoms with Crippen molar-refractivity contribution in [3.63, 3.8) is 0 Å². The maximum Gasteiger partial charge on any atom is 0.291 e. The highest BCUT2D eigenvalue weighted by Crippen LogP contribution is 2.37. The molecule has 3 rings (SSSR count). The van der Waals surface area contributed by atoms with Crippen molar-refractivity contribution in [2.45, 2.75) is 19.3 Å². The lowest BCUT2D eigenvalue weighted by Gasteiger charge is -2.15. The van der Waals surface area contributed by atoms with E-state index in [2.05, 4.69) is 15.2 Å². The minimum atomic E-state index is 0.00176. The van der Waals surface area contributed by atoms with Crippen LogP contribution in [0.1, 0.15) is 29.9 Å². The van der Waals surface area contributed by atoms with Crippen LogP contribution in [-0.4, -0.2) is 39.1 Å².